The van der Waals surface area contributed by atoms with Gasteiger partial charge in [0, 0.05) is 48.0 Å². The molecule has 2 saturated carbocycles. The quantitative estimate of drug-likeness (QED) is 0.179. The summed E-state index contributed by atoms with van der Waals surface area (Å²) in [5, 5.41) is 13.4. The Labute approximate surface area is 283 Å². The number of phenols is 1. The summed E-state index contributed by atoms with van der Waals surface area (Å²) in [7, 11) is 5.01. The average molecular weight is 655 g/mol. The lowest BCUT2D eigenvalue weighted by atomic mass is 9.98. The van der Waals surface area contributed by atoms with Gasteiger partial charge in [-0.3, -0.25) is 4.79 Å². The molecule has 9 rings (SSSR count). The minimum atomic E-state index is -0.486. The molecule has 1 N–H and O–H groups in total. The van der Waals surface area contributed by atoms with Crippen molar-refractivity contribution in [1.82, 2.24) is 19.0 Å². The zero-order valence-electron chi connectivity index (χ0n) is 27.9. The molecule has 1 saturated heterocycles. The number of hydrogen-bond donors (Lipinski definition) is 1. The molecule has 3 heterocycles. The van der Waals surface area contributed by atoms with Crippen molar-refractivity contribution in [2.24, 2.45) is 18.9 Å². The molecule has 2 atom stereocenters. The third-order valence-corrected chi connectivity index (χ3v) is 11.0. The molecule has 0 spiro atoms. The normalized spacial score (nSPS) is 18.6. The van der Waals surface area contributed by atoms with Gasteiger partial charge in [-0.15, -0.1) is 0 Å². The second kappa shape index (κ2) is 11.1. The van der Waals surface area contributed by atoms with Gasteiger partial charge >= 0.3 is 5.97 Å². The lowest BCUT2D eigenvalue weighted by Gasteiger charge is -2.27. The lowest BCUT2D eigenvalue weighted by Crippen LogP contribution is -2.37. The van der Waals surface area contributed by atoms with Crippen LogP contribution < -0.4 is 4.74 Å². The van der Waals surface area contributed by atoms with Crippen LogP contribution in [0.25, 0.3) is 55.4 Å². The molecular weight excluding hydrogens is 616 g/mol. The minimum Gasteiger partial charge on any atom is -0.507 e. The highest BCUT2D eigenvalue weighted by Crippen LogP contribution is 2.41. The molecule has 4 aromatic carbocycles. The van der Waals surface area contributed by atoms with Crippen molar-refractivity contribution >= 4 is 44.6 Å². The molecule has 1 amide bonds. The van der Waals surface area contributed by atoms with Crippen molar-refractivity contribution in [3.63, 3.8) is 0 Å². The Kier molecular flexibility index (Phi) is 6.76. The number of benzene rings is 4. The molecule has 1 aliphatic heterocycles. The van der Waals surface area contributed by atoms with Gasteiger partial charge in [-0.2, -0.15) is 0 Å². The van der Waals surface area contributed by atoms with Crippen LogP contribution in [0.1, 0.15) is 52.8 Å². The predicted molar refractivity (Wildman–Crippen MR) is 189 cm³/mol. The largest absolute Gasteiger partial charge is 0.507 e. The maximum Gasteiger partial charge on any atom is 0.338 e. The summed E-state index contributed by atoms with van der Waals surface area (Å²) in [4.78, 5) is 33.0. The number of esters is 1. The Morgan fingerprint density at radius 2 is 1.69 bits per heavy atom. The molecule has 2 aliphatic carbocycles. The number of aromatic hydroxyl groups is 1. The molecule has 3 aliphatic rings. The Hall–Kier alpha value is -5.31. The van der Waals surface area contributed by atoms with E-state index < -0.39 is 5.97 Å². The number of fused-ring (bicyclic) bond motifs is 5. The molecule has 3 fully saturated rings. The van der Waals surface area contributed by atoms with Crippen molar-refractivity contribution in [2.75, 3.05) is 20.8 Å². The van der Waals surface area contributed by atoms with Crippen LogP contribution in [0.5, 0.6) is 11.5 Å². The number of nitrogens with zero attached hydrogens (tertiary/aromatic N) is 4. The third kappa shape index (κ3) is 4.85. The summed E-state index contributed by atoms with van der Waals surface area (Å²) in [5.74, 6) is 2.34. The summed E-state index contributed by atoms with van der Waals surface area (Å²) >= 11 is 0. The van der Waals surface area contributed by atoms with E-state index in [9.17, 15) is 14.7 Å². The maximum absolute atomic E-state index is 13.7. The first-order valence-corrected chi connectivity index (χ1v) is 17.1. The number of likely N-dealkylation sites (tertiary alicyclic amines) is 1. The maximum atomic E-state index is 13.7. The molecule has 9 heteroatoms. The predicted octanol–water partition coefficient (Wildman–Crippen LogP) is 7.55. The van der Waals surface area contributed by atoms with Crippen molar-refractivity contribution in [3.05, 3.63) is 77.9 Å². The average Bonchev–Trinajstić information content (AvgIpc) is 3.40. The Bertz CT molecular complexity index is 2350. The van der Waals surface area contributed by atoms with E-state index in [1.807, 2.05) is 37.4 Å². The van der Waals surface area contributed by atoms with E-state index in [-0.39, 0.29) is 11.7 Å². The molecule has 2 unspecified atom stereocenters. The first-order chi connectivity index (χ1) is 23.8. The van der Waals surface area contributed by atoms with E-state index in [4.69, 9.17) is 14.5 Å². The van der Waals surface area contributed by atoms with Gasteiger partial charge in [0.25, 0.3) is 5.91 Å². The Morgan fingerprint density at radius 1 is 0.898 bits per heavy atom. The molecule has 49 heavy (non-hydrogen) atoms. The number of rotatable bonds is 7. The highest BCUT2D eigenvalue weighted by molar-refractivity contribution is 6.02. The van der Waals surface area contributed by atoms with Gasteiger partial charge < -0.3 is 28.6 Å². The van der Waals surface area contributed by atoms with Crippen molar-refractivity contribution < 1.29 is 24.2 Å². The smallest absolute Gasteiger partial charge is 0.338 e. The Morgan fingerprint density at radius 3 is 2.41 bits per heavy atom. The number of imidazole rings is 1. The zero-order valence-corrected chi connectivity index (χ0v) is 27.9. The molecule has 6 aromatic rings. The summed E-state index contributed by atoms with van der Waals surface area (Å²) < 4.78 is 15.2. The fourth-order valence-electron chi connectivity index (χ4n) is 8.29. The molecule has 2 bridgehead atoms. The van der Waals surface area contributed by atoms with E-state index in [1.54, 1.807) is 13.2 Å². The minimum absolute atomic E-state index is 0.0371. The first-order valence-electron chi connectivity index (χ1n) is 17.1. The number of carbonyl (C=O) groups excluding carboxylic acids is 2. The van der Waals surface area contributed by atoms with E-state index in [0.29, 0.717) is 40.1 Å². The fourth-order valence-corrected chi connectivity index (χ4v) is 8.29. The standard InChI is InChI=1S/C40H38N4O5/c1-42-37-32(15-28(19-36(37)48-2)39(46)43-21-23-6-11-30(43)12-23)41-38(42)34-17-27-10-8-25(16-33(27)44(34)20-22-4-5-22)24-7-9-26-13-29(40(47)49-3)18-35(45)31(26)14-24/h7-10,13-19,22-23,30,45H,4-6,11-12,20-21H2,1-3H3. The fraction of sp³-hybridized carbons (Fsp3) is 0.325. The van der Waals surface area contributed by atoms with Crippen LogP contribution in [0.2, 0.25) is 0 Å². The first kappa shape index (κ1) is 29.8. The van der Waals surface area contributed by atoms with Gasteiger partial charge in [0.2, 0.25) is 0 Å². The van der Waals surface area contributed by atoms with Gasteiger partial charge in [-0.1, -0.05) is 24.3 Å². The monoisotopic (exact) mass is 654 g/mol. The van der Waals surface area contributed by atoms with Crippen molar-refractivity contribution in [3.8, 4) is 34.1 Å². The summed E-state index contributed by atoms with van der Waals surface area (Å²) in [5.41, 5.74) is 6.69. The second-order valence-corrected chi connectivity index (χ2v) is 14.1. The van der Waals surface area contributed by atoms with Gasteiger partial charge in [0.15, 0.2) is 5.82 Å². The van der Waals surface area contributed by atoms with Crippen LogP contribution in [0.3, 0.4) is 0 Å². The van der Waals surface area contributed by atoms with Gasteiger partial charge in [0.05, 0.1) is 31.0 Å². The number of phenolic OH excluding ortho intramolecular Hbond substituents is 1. The Balaban J connectivity index is 1.13. The number of hydrogen-bond acceptors (Lipinski definition) is 6. The van der Waals surface area contributed by atoms with Crippen LogP contribution in [0.4, 0.5) is 0 Å². The number of ether oxygens (including phenoxy) is 2. The molecule has 2 aromatic heterocycles. The topological polar surface area (TPSA) is 98.8 Å². The van der Waals surface area contributed by atoms with Crippen molar-refractivity contribution in [2.45, 2.75) is 44.7 Å². The second-order valence-electron chi connectivity index (χ2n) is 14.1. The lowest BCUT2D eigenvalue weighted by molar-refractivity contribution is 0.0600. The van der Waals surface area contributed by atoms with Crippen LogP contribution in [0.15, 0.2) is 66.7 Å². The van der Waals surface area contributed by atoms with Crippen LogP contribution in [-0.4, -0.2) is 62.8 Å². The van der Waals surface area contributed by atoms with E-state index in [1.165, 1.54) is 32.4 Å². The number of carbonyl (C=O) groups is 2. The van der Waals surface area contributed by atoms with E-state index in [0.717, 1.165) is 75.9 Å². The van der Waals surface area contributed by atoms with Gasteiger partial charge in [-0.25, -0.2) is 9.78 Å². The molecular formula is C40H38N4O5. The number of methoxy groups -OCH3 is 2. The van der Waals surface area contributed by atoms with E-state index >= 15 is 0 Å². The SMILES string of the molecule is COC(=O)c1cc(O)c2cc(-c3ccc4cc(-c5nc6cc(C(=O)N7CC8CCC7C8)cc(OC)c6n5C)n(CC5CC5)c4c3)ccc2c1. The zero-order chi connectivity index (χ0) is 33.6. The van der Waals surface area contributed by atoms with Crippen LogP contribution >= 0.6 is 0 Å². The number of piperidine rings is 1. The number of aryl methyl sites for hydroxylation is 1. The van der Waals surface area contributed by atoms with Gasteiger partial charge in [-0.05, 0) is 103 Å². The number of aromatic nitrogens is 3. The molecule has 248 valence electrons. The highest BCUT2D eigenvalue weighted by Gasteiger charge is 2.40. The summed E-state index contributed by atoms with van der Waals surface area (Å²) in [6.07, 6.45) is 5.85. The van der Waals surface area contributed by atoms with Crippen LogP contribution in [0, 0.1) is 11.8 Å². The van der Waals surface area contributed by atoms with E-state index in [2.05, 4.69) is 38.3 Å². The molecule has 0 radical (unpaired) electrons. The van der Waals surface area contributed by atoms with Crippen LogP contribution in [-0.2, 0) is 18.3 Å². The van der Waals surface area contributed by atoms with Crippen molar-refractivity contribution in [1.29, 1.82) is 0 Å². The number of amides is 1. The third-order valence-electron chi connectivity index (χ3n) is 11.0. The highest BCUT2D eigenvalue weighted by atomic mass is 16.5. The summed E-state index contributed by atoms with van der Waals surface area (Å²) in [6, 6.07) is 21.9. The molecule has 9 nitrogen and oxygen atoms in total. The summed E-state index contributed by atoms with van der Waals surface area (Å²) in [6.45, 7) is 1.73. The van der Waals surface area contributed by atoms with Gasteiger partial charge in [0.1, 0.15) is 17.0 Å².